The van der Waals surface area contributed by atoms with Crippen LogP contribution >= 0.6 is 0 Å². The molecule has 0 N–H and O–H groups in total. The molecule has 0 aliphatic heterocycles. The highest BCUT2D eigenvalue weighted by molar-refractivity contribution is 6.27. The van der Waals surface area contributed by atoms with Crippen LogP contribution in [0.1, 0.15) is 16.4 Å². The minimum atomic E-state index is -0.615. The summed E-state index contributed by atoms with van der Waals surface area (Å²) in [6.07, 6.45) is 0. The second-order valence-corrected chi connectivity index (χ2v) is 15.0. The zero-order valence-electron chi connectivity index (χ0n) is 42.2. The minimum Gasteiger partial charge on any atom is -0.456 e. The first-order valence-corrected chi connectivity index (χ1v) is 19.0. The lowest BCUT2D eigenvalue weighted by atomic mass is 9.89. The molecule has 58 heavy (non-hydrogen) atoms. The average molecular weight is 747 g/mol. The van der Waals surface area contributed by atoms with Crippen LogP contribution in [0, 0.1) is 0 Å². The van der Waals surface area contributed by atoms with E-state index in [1.807, 2.05) is 109 Å². The van der Waals surface area contributed by atoms with Crippen LogP contribution in [0.15, 0.2) is 191 Å². The highest BCUT2D eigenvalue weighted by Gasteiger charge is 2.17. The Morgan fingerprint density at radius 3 is 0.983 bits per heavy atom. The van der Waals surface area contributed by atoms with Gasteiger partial charge >= 0.3 is 0 Å². The van der Waals surface area contributed by atoms with Crippen molar-refractivity contribution in [2.45, 2.75) is 0 Å². The maximum atomic E-state index is 9.80. The summed E-state index contributed by atoms with van der Waals surface area (Å²) >= 11 is 0. The van der Waals surface area contributed by atoms with E-state index in [1.54, 1.807) is 0 Å². The van der Waals surface area contributed by atoms with Gasteiger partial charge in [-0.1, -0.05) is 133 Å². The molecular weight excluding hydrogens is 705 g/mol. The van der Waals surface area contributed by atoms with E-state index in [1.165, 1.54) is 0 Å². The first kappa shape index (κ1) is 21.6. The summed E-state index contributed by atoms with van der Waals surface area (Å²) in [4.78, 5) is 0. The zero-order chi connectivity index (χ0) is 48.1. The van der Waals surface area contributed by atoms with Crippen molar-refractivity contribution in [1.29, 1.82) is 0 Å². The lowest BCUT2D eigenvalue weighted by Gasteiger charge is -2.14. The highest BCUT2D eigenvalue weighted by atomic mass is 16.3. The average Bonchev–Trinajstić information content (AvgIpc) is 3.99. The third kappa shape index (κ3) is 4.11. The van der Waals surface area contributed by atoms with Crippen molar-refractivity contribution >= 4 is 109 Å². The van der Waals surface area contributed by atoms with Gasteiger partial charge in [0.15, 0.2) is 0 Å². The van der Waals surface area contributed by atoms with E-state index in [0.717, 1.165) is 64.6 Å². The van der Waals surface area contributed by atoms with Crippen LogP contribution in [-0.2, 0) is 0 Å². The Labute approximate surface area is 348 Å². The van der Waals surface area contributed by atoms with Gasteiger partial charge in [-0.15, -0.1) is 0 Å². The van der Waals surface area contributed by atoms with Crippen molar-refractivity contribution in [3.05, 3.63) is 182 Å². The van der Waals surface area contributed by atoms with Gasteiger partial charge in [-0.2, -0.15) is 0 Å². The van der Waals surface area contributed by atoms with Gasteiger partial charge in [0.25, 0.3) is 0 Å². The second kappa shape index (κ2) is 11.0. The molecule has 0 spiro atoms. The normalized spacial score (nSPS) is 15.4. The fraction of sp³-hybridized carbons (Fsp3) is 0. The summed E-state index contributed by atoms with van der Waals surface area (Å²) < 4.78 is 126. The Balaban J connectivity index is 1.04. The molecule has 0 radical (unpaired) electrons. The van der Waals surface area contributed by atoms with E-state index in [0.29, 0.717) is 11.1 Å². The van der Waals surface area contributed by atoms with Crippen LogP contribution in [0.5, 0.6) is 0 Å². The van der Waals surface area contributed by atoms with Crippen molar-refractivity contribution in [2.24, 2.45) is 0 Å². The van der Waals surface area contributed by atoms with Crippen molar-refractivity contribution in [3.63, 3.8) is 0 Å². The van der Waals surface area contributed by atoms with E-state index in [2.05, 4.69) is 0 Å². The number of hydrogen-bond acceptors (Lipinski definition) is 2. The summed E-state index contributed by atoms with van der Waals surface area (Å²) in [6, 6.07) is 30.3. The standard InChI is InChI=1S/C56H30O2/c1-3-31-7-9-35-11-19-41(43-21-13-33(5-1)53(31)55(35)43)39-17-25-51-47(29-39)45-27-37(15-23-49(45)57-51)38-16-24-50-46(28-38)48-30-40(18-26-52(48)58-50)42-20-12-36-10-8-32-4-2-6-34-14-22-44(42)56(36)54(32)34/h1-30H/i15D,16D,17D,18D,23D,24D,25D,26D,27D,28D,29D,30D. The topological polar surface area (TPSA) is 26.3 Å². The van der Waals surface area contributed by atoms with Crippen LogP contribution < -0.4 is 0 Å². The Morgan fingerprint density at radius 1 is 0.276 bits per heavy atom. The van der Waals surface area contributed by atoms with Crippen LogP contribution in [0.3, 0.4) is 0 Å². The number of hydrogen-bond donors (Lipinski definition) is 0. The van der Waals surface area contributed by atoms with Crippen LogP contribution in [0.4, 0.5) is 0 Å². The summed E-state index contributed by atoms with van der Waals surface area (Å²) in [7, 11) is 0. The molecule has 2 aromatic heterocycles. The molecule has 0 fully saturated rings. The summed E-state index contributed by atoms with van der Waals surface area (Å²) in [5, 5.41) is 11.0. The lowest BCUT2D eigenvalue weighted by Crippen LogP contribution is -1.87. The van der Waals surface area contributed by atoms with Crippen LogP contribution in [0.25, 0.3) is 142 Å². The van der Waals surface area contributed by atoms with Crippen molar-refractivity contribution in [1.82, 2.24) is 0 Å². The quantitative estimate of drug-likeness (QED) is 0.168. The summed E-state index contributed by atoms with van der Waals surface area (Å²) in [5.74, 6) is 0. The van der Waals surface area contributed by atoms with Crippen LogP contribution in [0.2, 0.25) is 0 Å². The number of furan rings is 2. The Bertz CT molecular complexity index is 4410. The molecule has 12 aromatic carbocycles. The molecule has 2 heterocycles. The molecule has 2 heteroatoms. The van der Waals surface area contributed by atoms with Crippen molar-refractivity contribution < 1.29 is 25.3 Å². The molecule has 14 rings (SSSR count). The van der Waals surface area contributed by atoms with E-state index < -0.39 is 36.3 Å². The summed E-state index contributed by atoms with van der Waals surface area (Å²) in [5.41, 5.74) is -0.564. The molecule has 0 bridgehead atoms. The van der Waals surface area contributed by atoms with Crippen molar-refractivity contribution in [3.8, 4) is 33.4 Å². The number of benzene rings is 12. The molecule has 0 unspecified atom stereocenters. The summed E-state index contributed by atoms with van der Waals surface area (Å²) in [6.45, 7) is 0. The monoisotopic (exact) mass is 746 g/mol. The number of fused-ring (bicyclic) bond motifs is 6. The van der Waals surface area contributed by atoms with Gasteiger partial charge in [0, 0.05) is 21.5 Å². The van der Waals surface area contributed by atoms with E-state index in [9.17, 15) is 16.4 Å². The minimum absolute atomic E-state index is 0.0522. The van der Waals surface area contributed by atoms with Gasteiger partial charge < -0.3 is 8.83 Å². The Hall–Kier alpha value is -7.68. The maximum absolute atomic E-state index is 9.80. The fourth-order valence-corrected chi connectivity index (χ4v) is 9.22. The zero-order valence-corrected chi connectivity index (χ0v) is 30.2. The van der Waals surface area contributed by atoms with Gasteiger partial charge in [0.05, 0.1) is 16.4 Å². The van der Waals surface area contributed by atoms with Gasteiger partial charge in [-0.3, -0.25) is 0 Å². The van der Waals surface area contributed by atoms with Gasteiger partial charge in [0.1, 0.15) is 22.3 Å². The highest BCUT2D eigenvalue weighted by Crippen LogP contribution is 2.44. The van der Waals surface area contributed by atoms with Crippen LogP contribution in [-0.4, -0.2) is 0 Å². The van der Waals surface area contributed by atoms with E-state index >= 15 is 0 Å². The second-order valence-electron chi connectivity index (χ2n) is 15.0. The molecule has 0 aliphatic carbocycles. The predicted molar refractivity (Wildman–Crippen MR) is 245 cm³/mol. The SMILES string of the molecule is [2H]c1c(-c2c([2H])c([2H])c3oc4c([2H])c([2H])c(-c5ccc6ccc7cccc8ccc5c6c78)c([2H])c4c3c2[2H])c([2H])c2c(oc3c([2H])c([2H])c(-c4ccc5ccc6cccc7ccc4c5c67)c([2H])c32)c1[2H]. The van der Waals surface area contributed by atoms with Gasteiger partial charge in [-0.25, -0.2) is 0 Å². The smallest absolute Gasteiger partial charge is 0.135 e. The third-order valence-electron chi connectivity index (χ3n) is 11.9. The first-order valence-electron chi connectivity index (χ1n) is 25.0. The molecule has 2 nitrogen and oxygen atoms in total. The molecule has 14 aromatic rings. The first-order chi connectivity index (χ1) is 33.8. The number of rotatable bonds is 3. The molecule has 0 saturated carbocycles. The lowest BCUT2D eigenvalue weighted by molar-refractivity contribution is 0.668. The largest absolute Gasteiger partial charge is 0.456 e. The van der Waals surface area contributed by atoms with E-state index in [4.69, 9.17) is 8.83 Å². The molecule has 0 aliphatic rings. The van der Waals surface area contributed by atoms with Gasteiger partial charge in [-0.05, 0) is 146 Å². The van der Waals surface area contributed by atoms with Crippen molar-refractivity contribution in [2.75, 3.05) is 0 Å². The Morgan fingerprint density at radius 2 is 0.586 bits per heavy atom. The molecule has 0 saturated heterocycles. The molecule has 0 atom stereocenters. The predicted octanol–water partition coefficient (Wildman–Crippen LogP) is 16.3. The molecular formula is C56H30O2. The molecule has 0 amide bonds. The van der Waals surface area contributed by atoms with Gasteiger partial charge in [0.2, 0.25) is 0 Å². The Kier molecular flexibility index (Phi) is 4.09. The third-order valence-corrected chi connectivity index (χ3v) is 11.9. The molecule has 266 valence electrons. The maximum Gasteiger partial charge on any atom is 0.135 e. The fourth-order valence-electron chi connectivity index (χ4n) is 9.22. The van der Waals surface area contributed by atoms with E-state index in [-0.39, 0.29) is 102 Å².